The highest BCUT2D eigenvalue weighted by Crippen LogP contribution is 2.38. The summed E-state index contributed by atoms with van der Waals surface area (Å²) in [6, 6.07) is 13.4. The van der Waals surface area contributed by atoms with Crippen LogP contribution in [0.3, 0.4) is 0 Å². The molecule has 1 aliphatic rings. The van der Waals surface area contributed by atoms with Crippen LogP contribution in [-0.4, -0.2) is 43.0 Å². The average Bonchev–Trinajstić information content (AvgIpc) is 3.13. The second kappa shape index (κ2) is 10.6. The number of amides is 1. The van der Waals surface area contributed by atoms with Gasteiger partial charge >= 0.3 is 0 Å². The van der Waals surface area contributed by atoms with Crippen molar-refractivity contribution in [3.63, 3.8) is 0 Å². The van der Waals surface area contributed by atoms with E-state index in [2.05, 4.69) is 49.2 Å². The number of nitrogens with one attached hydrogen (secondary N) is 1. The predicted molar refractivity (Wildman–Crippen MR) is 149 cm³/mol. The summed E-state index contributed by atoms with van der Waals surface area (Å²) in [5.41, 5.74) is 7.03. The number of hydrogen-bond donors (Lipinski definition) is 2. The summed E-state index contributed by atoms with van der Waals surface area (Å²) in [6.07, 6.45) is 2.62. The van der Waals surface area contributed by atoms with Gasteiger partial charge in [-0.25, -0.2) is 14.7 Å². The normalized spacial score (nSPS) is 17.0. The molecule has 0 spiro atoms. The number of carbonyl (C=O) groups is 1. The minimum Gasteiger partial charge on any atom is -0.493 e. The van der Waals surface area contributed by atoms with Gasteiger partial charge in [0.1, 0.15) is 17.4 Å². The summed E-state index contributed by atoms with van der Waals surface area (Å²) in [4.78, 5) is 24.2. The molecule has 1 saturated heterocycles. The molecule has 0 bridgehead atoms. The Balaban J connectivity index is 1.75. The fourth-order valence-corrected chi connectivity index (χ4v) is 5.74. The largest absolute Gasteiger partial charge is 0.493 e. The Labute approximate surface area is 224 Å². The molecule has 0 radical (unpaired) electrons. The molecule has 1 atom stereocenters. The number of anilines is 2. The van der Waals surface area contributed by atoms with E-state index in [4.69, 9.17) is 15.5 Å². The van der Waals surface area contributed by atoms with E-state index in [9.17, 15) is 13.2 Å². The molecule has 1 aromatic carbocycles. The highest BCUT2D eigenvalue weighted by atomic mass is 32.2. The molecule has 202 valence electrons. The number of nitrogens with two attached hydrogens (primary N) is 1. The molecule has 10 heteroatoms. The second-order valence-corrected chi connectivity index (χ2v) is 12.5. The number of aromatic nitrogens is 2. The summed E-state index contributed by atoms with van der Waals surface area (Å²) in [7, 11) is -4.27. The molecule has 1 unspecified atom stereocenters. The van der Waals surface area contributed by atoms with E-state index in [1.807, 2.05) is 24.3 Å². The molecule has 3 aromatic rings. The van der Waals surface area contributed by atoms with Crippen LogP contribution in [0.4, 0.5) is 11.6 Å². The van der Waals surface area contributed by atoms with Gasteiger partial charge in [-0.05, 0) is 68.0 Å². The van der Waals surface area contributed by atoms with E-state index in [0.29, 0.717) is 42.1 Å². The summed E-state index contributed by atoms with van der Waals surface area (Å²) in [5.74, 6) is 1.15. The zero-order valence-corrected chi connectivity index (χ0v) is 23.2. The third kappa shape index (κ3) is 6.07. The quantitative estimate of drug-likeness (QED) is 0.430. The zero-order chi connectivity index (χ0) is 27.7. The molecule has 0 aliphatic carbocycles. The third-order valence-corrected chi connectivity index (χ3v) is 7.67. The van der Waals surface area contributed by atoms with Gasteiger partial charge in [0.15, 0.2) is 5.03 Å². The number of benzene rings is 1. The van der Waals surface area contributed by atoms with Crippen molar-refractivity contribution >= 4 is 27.6 Å². The maximum absolute atomic E-state index is 13.6. The number of nitrogens with zero attached hydrogens (tertiary/aromatic N) is 3. The molecule has 2 aromatic heterocycles. The lowest BCUT2D eigenvalue weighted by Crippen LogP contribution is -2.41. The smallest absolute Gasteiger partial charge is 0.281 e. The van der Waals surface area contributed by atoms with Crippen molar-refractivity contribution < 1.29 is 17.9 Å². The fraction of sp³-hybridized carbons (Fsp3) is 0.393. The number of carbonyl (C=O) groups excluding carboxylic acids is 1. The number of pyridine rings is 2. The van der Waals surface area contributed by atoms with Gasteiger partial charge in [-0.15, -0.1) is 0 Å². The van der Waals surface area contributed by atoms with Crippen LogP contribution in [0.1, 0.15) is 51.4 Å². The highest BCUT2D eigenvalue weighted by Gasteiger charge is 2.39. The molecular weight excluding hydrogens is 502 g/mol. The van der Waals surface area contributed by atoms with Crippen molar-refractivity contribution in [1.82, 2.24) is 14.7 Å². The van der Waals surface area contributed by atoms with Gasteiger partial charge in [-0.3, -0.25) is 4.79 Å². The first-order chi connectivity index (χ1) is 17.9. The Morgan fingerprint density at radius 2 is 1.92 bits per heavy atom. The Morgan fingerprint density at radius 1 is 1.18 bits per heavy atom. The first kappa shape index (κ1) is 27.4. The molecule has 0 saturated carbocycles. The van der Waals surface area contributed by atoms with Crippen molar-refractivity contribution in [2.24, 2.45) is 11.8 Å². The van der Waals surface area contributed by atoms with Crippen LogP contribution in [0.25, 0.3) is 11.1 Å². The van der Waals surface area contributed by atoms with Gasteiger partial charge < -0.3 is 15.4 Å². The Hall–Kier alpha value is -3.66. The summed E-state index contributed by atoms with van der Waals surface area (Å²) < 4.78 is 34.0. The lowest BCUT2D eigenvalue weighted by Gasteiger charge is -2.33. The Morgan fingerprint density at radius 3 is 2.58 bits per heavy atom. The van der Waals surface area contributed by atoms with Gasteiger partial charge in [0.25, 0.3) is 15.9 Å². The molecule has 3 heterocycles. The molecule has 38 heavy (non-hydrogen) atoms. The van der Waals surface area contributed by atoms with Gasteiger partial charge in [-0.2, -0.15) is 8.42 Å². The maximum Gasteiger partial charge on any atom is 0.281 e. The molecule has 4 rings (SSSR count). The molecule has 1 amide bonds. The van der Waals surface area contributed by atoms with Crippen molar-refractivity contribution in [2.75, 3.05) is 23.8 Å². The molecule has 9 nitrogen and oxygen atoms in total. The Kier molecular flexibility index (Phi) is 7.64. The van der Waals surface area contributed by atoms with E-state index in [1.165, 1.54) is 18.2 Å². The van der Waals surface area contributed by atoms with Crippen LogP contribution in [0.15, 0.2) is 59.8 Å². The number of sulfonamides is 1. The van der Waals surface area contributed by atoms with Crippen LogP contribution >= 0.6 is 0 Å². The topological polar surface area (TPSA) is 128 Å². The van der Waals surface area contributed by atoms with Crippen LogP contribution in [0, 0.1) is 11.8 Å². The highest BCUT2D eigenvalue weighted by molar-refractivity contribution is 7.90. The monoisotopic (exact) mass is 537 g/mol. The molecule has 3 N–H and O–H groups in total. The van der Waals surface area contributed by atoms with Crippen molar-refractivity contribution in [2.45, 2.75) is 51.6 Å². The minimum absolute atomic E-state index is 0.0389. The van der Waals surface area contributed by atoms with Gasteiger partial charge in [-0.1, -0.05) is 39.0 Å². The zero-order valence-electron chi connectivity index (χ0n) is 22.4. The van der Waals surface area contributed by atoms with Crippen LogP contribution in [-0.2, 0) is 10.0 Å². The van der Waals surface area contributed by atoms with Gasteiger partial charge in [0, 0.05) is 23.8 Å². The summed E-state index contributed by atoms with van der Waals surface area (Å²) in [5, 5.41) is -0.332. The van der Waals surface area contributed by atoms with E-state index < -0.39 is 15.9 Å². The Bertz CT molecular complexity index is 1440. The van der Waals surface area contributed by atoms with Crippen molar-refractivity contribution in [3.05, 3.63) is 60.3 Å². The molecule has 1 fully saturated rings. The minimum atomic E-state index is -4.27. The molecule has 1 aliphatic heterocycles. The number of ether oxygens (including phenoxy) is 1. The van der Waals surface area contributed by atoms with E-state index in [-0.39, 0.29) is 21.9 Å². The van der Waals surface area contributed by atoms with E-state index >= 15 is 0 Å². The third-order valence-electron chi connectivity index (χ3n) is 6.44. The van der Waals surface area contributed by atoms with Crippen LogP contribution in [0.5, 0.6) is 5.75 Å². The van der Waals surface area contributed by atoms with Crippen LogP contribution < -0.4 is 20.1 Å². The lowest BCUT2D eigenvalue weighted by molar-refractivity contribution is 0.0981. The van der Waals surface area contributed by atoms with E-state index in [1.54, 1.807) is 12.3 Å². The summed E-state index contributed by atoms with van der Waals surface area (Å²) >= 11 is 0. The lowest BCUT2D eigenvalue weighted by atomic mass is 9.97. The fourth-order valence-electron chi connectivity index (χ4n) is 4.80. The number of rotatable bonds is 8. The number of nitrogen functional groups attached to an aromatic ring is 1. The first-order valence-electron chi connectivity index (χ1n) is 12.7. The summed E-state index contributed by atoms with van der Waals surface area (Å²) in [6.45, 7) is 11.8. The average molecular weight is 538 g/mol. The molecular formula is C28H35N5O4S. The van der Waals surface area contributed by atoms with Gasteiger partial charge in [0.2, 0.25) is 0 Å². The van der Waals surface area contributed by atoms with Crippen molar-refractivity contribution in [1.29, 1.82) is 0 Å². The standard InChI is InChI=1S/C28H35N5O4S/c1-18(2)17-37-22-9-6-8-20(12-22)21-13-23(26(30-15-21)33-16-19(3)14-28(33,4)5)27(34)32-38(35,36)25-11-7-10-24(29)31-25/h6-13,15,18-19H,14,16-17H2,1-5H3,(H2,29,31)(H,32,34). The van der Waals surface area contributed by atoms with Crippen molar-refractivity contribution in [3.8, 4) is 16.9 Å². The predicted octanol–water partition coefficient (Wildman–Crippen LogP) is 4.50. The number of hydrogen-bond acceptors (Lipinski definition) is 8. The second-order valence-electron chi connectivity index (χ2n) is 10.9. The maximum atomic E-state index is 13.6. The van der Waals surface area contributed by atoms with Gasteiger partial charge in [0.05, 0.1) is 12.2 Å². The van der Waals surface area contributed by atoms with Crippen LogP contribution in [0.2, 0.25) is 0 Å². The SMILES string of the molecule is CC(C)COc1cccc(-c2cnc(N3CC(C)CC3(C)C)c(C(=O)NS(=O)(=O)c3cccc(N)n3)c2)c1. The first-order valence-corrected chi connectivity index (χ1v) is 14.1. The van der Waals surface area contributed by atoms with E-state index in [0.717, 1.165) is 12.0 Å².